The van der Waals surface area contributed by atoms with Crippen LogP contribution in [-0.2, 0) is 17.3 Å². The monoisotopic (exact) mass is 408 g/mol. The smallest absolute Gasteiger partial charge is 0.123 e. The minimum Gasteiger partial charge on any atom is -0.507 e. The number of phenolic OH excluding ortho intramolecular Hbond substituents is 2. The van der Waals surface area contributed by atoms with Crippen LogP contribution >= 0.6 is 0 Å². The zero-order valence-corrected chi connectivity index (χ0v) is 20.0. The van der Waals surface area contributed by atoms with Gasteiger partial charge in [0.2, 0.25) is 0 Å². The van der Waals surface area contributed by atoms with E-state index in [2.05, 4.69) is 65.8 Å². The summed E-state index contributed by atoms with van der Waals surface area (Å²) in [4.78, 5) is 0. The van der Waals surface area contributed by atoms with E-state index in [0.717, 1.165) is 28.7 Å². The van der Waals surface area contributed by atoms with Crippen molar-refractivity contribution in [2.75, 3.05) is 0 Å². The van der Waals surface area contributed by atoms with Gasteiger partial charge in [0.15, 0.2) is 0 Å². The Labute approximate surface area is 183 Å². The van der Waals surface area contributed by atoms with Gasteiger partial charge in [-0.1, -0.05) is 85.1 Å². The Morgan fingerprint density at radius 1 is 0.733 bits per heavy atom. The van der Waals surface area contributed by atoms with Crippen LogP contribution < -0.4 is 0 Å². The number of aryl methyl sites for hydroxylation is 1. The lowest BCUT2D eigenvalue weighted by atomic mass is 9.77. The molecular formula is C28H40O2. The van der Waals surface area contributed by atoms with E-state index in [1.165, 1.54) is 43.2 Å². The summed E-state index contributed by atoms with van der Waals surface area (Å²) in [6.07, 6.45) is 7.00. The first-order valence-corrected chi connectivity index (χ1v) is 11.6. The van der Waals surface area contributed by atoms with Gasteiger partial charge in [-0.15, -0.1) is 0 Å². The van der Waals surface area contributed by atoms with E-state index in [4.69, 9.17) is 0 Å². The average molecular weight is 409 g/mol. The third kappa shape index (κ3) is 4.85. The van der Waals surface area contributed by atoms with E-state index in [9.17, 15) is 10.2 Å². The van der Waals surface area contributed by atoms with Gasteiger partial charge in [-0.3, -0.25) is 0 Å². The fourth-order valence-electron chi connectivity index (χ4n) is 4.89. The number of hydrogen-bond acceptors (Lipinski definition) is 2. The third-order valence-electron chi connectivity index (χ3n) is 6.63. The highest BCUT2D eigenvalue weighted by Crippen LogP contribution is 2.42. The van der Waals surface area contributed by atoms with E-state index in [0.29, 0.717) is 17.4 Å². The topological polar surface area (TPSA) is 40.5 Å². The minimum absolute atomic E-state index is 0.127. The van der Waals surface area contributed by atoms with Gasteiger partial charge in [0, 0.05) is 0 Å². The third-order valence-corrected chi connectivity index (χ3v) is 6.63. The Kier molecular flexibility index (Phi) is 6.28. The molecule has 30 heavy (non-hydrogen) atoms. The number of phenols is 2. The largest absolute Gasteiger partial charge is 0.507 e. The van der Waals surface area contributed by atoms with E-state index in [1.807, 2.05) is 6.92 Å². The molecule has 1 aliphatic rings. The van der Waals surface area contributed by atoms with E-state index in [1.54, 1.807) is 0 Å². The zero-order valence-electron chi connectivity index (χ0n) is 20.0. The molecule has 1 aliphatic carbocycles. The molecule has 1 fully saturated rings. The SMILES string of the molecule is Cc1cc(Cc2cc(C(C)(C)C)c(O)c(C(C)(C)C)c2)cc(C2CCCCC2)c1O. The summed E-state index contributed by atoms with van der Waals surface area (Å²) in [5.74, 6) is 1.40. The second-order valence-electron chi connectivity index (χ2n) is 11.4. The minimum atomic E-state index is -0.127. The summed E-state index contributed by atoms with van der Waals surface area (Å²) in [7, 11) is 0. The van der Waals surface area contributed by atoms with Crippen molar-refractivity contribution in [2.24, 2.45) is 0 Å². The lowest BCUT2D eigenvalue weighted by Crippen LogP contribution is -2.18. The Balaban J connectivity index is 2.04. The van der Waals surface area contributed by atoms with E-state index >= 15 is 0 Å². The summed E-state index contributed by atoms with van der Waals surface area (Å²) >= 11 is 0. The van der Waals surface area contributed by atoms with Crippen molar-refractivity contribution in [3.8, 4) is 11.5 Å². The summed E-state index contributed by atoms with van der Waals surface area (Å²) in [5, 5.41) is 21.8. The van der Waals surface area contributed by atoms with Crippen LogP contribution in [0.4, 0.5) is 0 Å². The number of rotatable bonds is 3. The van der Waals surface area contributed by atoms with Gasteiger partial charge in [-0.2, -0.15) is 0 Å². The number of benzene rings is 2. The Morgan fingerprint density at radius 3 is 1.73 bits per heavy atom. The summed E-state index contributed by atoms with van der Waals surface area (Å²) in [6.45, 7) is 15.0. The molecule has 0 bridgehead atoms. The molecule has 0 aliphatic heterocycles. The quantitative estimate of drug-likeness (QED) is 0.548. The molecule has 2 N–H and O–H groups in total. The molecule has 0 atom stereocenters. The Bertz CT molecular complexity index is 868. The molecule has 164 valence electrons. The van der Waals surface area contributed by atoms with E-state index < -0.39 is 0 Å². The van der Waals surface area contributed by atoms with Crippen molar-refractivity contribution in [1.29, 1.82) is 0 Å². The first-order chi connectivity index (χ1) is 13.9. The average Bonchev–Trinajstić information content (AvgIpc) is 2.64. The fourth-order valence-corrected chi connectivity index (χ4v) is 4.89. The lowest BCUT2D eigenvalue weighted by Gasteiger charge is -2.28. The molecule has 3 rings (SSSR count). The summed E-state index contributed by atoms with van der Waals surface area (Å²) < 4.78 is 0. The van der Waals surface area contributed by atoms with E-state index in [-0.39, 0.29) is 10.8 Å². The molecule has 0 heterocycles. The molecular weight excluding hydrogens is 368 g/mol. The summed E-state index contributed by atoms with van der Waals surface area (Å²) in [6, 6.07) is 8.71. The second-order valence-corrected chi connectivity index (χ2v) is 11.4. The summed E-state index contributed by atoms with van der Waals surface area (Å²) in [5.41, 5.74) is 6.34. The van der Waals surface area contributed by atoms with Crippen LogP contribution in [0.15, 0.2) is 24.3 Å². The normalized spacial score (nSPS) is 16.1. The van der Waals surface area contributed by atoms with Crippen LogP contribution in [0.5, 0.6) is 11.5 Å². The Morgan fingerprint density at radius 2 is 1.23 bits per heavy atom. The molecule has 2 aromatic carbocycles. The van der Waals surface area contributed by atoms with Gasteiger partial charge in [-0.25, -0.2) is 0 Å². The Hall–Kier alpha value is -1.96. The predicted molar refractivity (Wildman–Crippen MR) is 127 cm³/mol. The number of aromatic hydroxyl groups is 2. The molecule has 2 aromatic rings. The second kappa shape index (κ2) is 8.29. The first-order valence-electron chi connectivity index (χ1n) is 11.6. The molecule has 1 saturated carbocycles. The fraction of sp³-hybridized carbons (Fsp3) is 0.571. The molecule has 0 amide bonds. The molecule has 2 nitrogen and oxygen atoms in total. The predicted octanol–water partition coefficient (Wildman–Crippen LogP) is 7.64. The van der Waals surface area contributed by atoms with Crippen LogP contribution in [0.1, 0.15) is 113 Å². The molecule has 2 heteroatoms. The maximum Gasteiger partial charge on any atom is 0.123 e. The lowest BCUT2D eigenvalue weighted by molar-refractivity contribution is 0.412. The number of hydrogen-bond donors (Lipinski definition) is 2. The van der Waals surface area contributed by atoms with Crippen molar-refractivity contribution in [2.45, 2.75) is 104 Å². The van der Waals surface area contributed by atoms with Crippen LogP contribution in [0.2, 0.25) is 0 Å². The van der Waals surface area contributed by atoms with Gasteiger partial charge in [-0.05, 0) is 76.3 Å². The highest BCUT2D eigenvalue weighted by molar-refractivity contribution is 5.52. The molecule has 0 spiro atoms. The van der Waals surface area contributed by atoms with Gasteiger partial charge in [0.1, 0.15) is 11.5 Å². The van der Waals surface area contributed by atoms with Crippen molar-refractivity contribution in [3.05, 3.63) is 57.6 Å². The van der Waals surface area contributed by atoms with Crippen LogP contribution in [0.3, 0.4) is 0 Å². The maximum absolute atomic E-state index is 11.0. The van der Waals surface area contributed by atoms with Crippen molar-refractivity contribution < 1.29 is 10.2 Å². The molecule has 0 unspecified atom stereocenters. The highest BCUT2D eigenvalue weighted by atomic mass is 16.3. The van der Waals surface area contributed by atoms with Crippen LogP contribution in [-0.4, -0.2) is 10.2 Å². The van der Waals surface area contributed by atoms with Gasteiger partial charge < -0.3 is 10.2 Å². The van der Waals surface area contributed by atoms with Gasteiger partial charge >= 0.3 is 0 Å². The molecule has 0 aromatic heterocycles. The van der Waals surface area contributed by atoms with Gasteiger partial charge in [0.25, 0.3) is 0 Å². The highest BCUT2D eigenvalue weighted by Gasteiger charge is 2.27. The standard InChI is InChI=1S/C28H40O2/c1-18-13-19(15-22(25(18)29)21-11-9-8-10-12-21)14-20-16-23(27(2,3)4)26(30)24(17-20)28(5,6)7/h13,15-17,21,29-30H,8-12,14H2,1-7H3. The maximum atomic E-state index is 11.0. The van der Waals surface area contributed by atoms with Crippen molar-refractivity contribution >= 4 is 0 Å². The van der Waals surface area contributed by atoms with Crippen molar-refractivity contribution in [1.82, 2.24) is 0 Å². The van der Waals surface area contributed by atoms with Crippen LogP contribution in [0.25, 0.3) is 0 Å². The van der Waals surface area contributed by atoms with Crippen LogP contribution in [0, 0.1) is 6.92 Å². The molecule has 0 saturated heterocycles. The first kappa shape index (κ1) is 22.7. The zero-order chi connectivity index (χ0) is 22.3. The molecule has 0 radical (unpaired) electrons. The van der Waals surface area contributed by atoms with Gasteiger partial charge in [0.05, 0.1) is 0 Å². The van der Waals surface area contributed by atoms with Crippen molar-refractivity contribution in [3.63, 3.8) is 0 Å².